The van der Waals surface area contributed by atoms with Gasteiger partial charge in [0.25, 0.3) is 0 Å². The van der Waals surface area contributed by atoms with Crippen LogP contribution in [0, 0.1) is 0 Å². The van der Waals surface area contributed by atoms with Gasteiger partial charge in [-0.1, -0.05) is 110 Å². The highest BCUT2D eigenvalue weighted by molar-refractivity contribution is 6.76. The fourth-order valence-electron chi connectivity index (χ4n) is 4.75. The molecule has 2 bridgehead atoms. The zero-order chi connectivity index (χ0) is 14.1. The van der Waals surface area contributed by atoms with Crippen LogP contribution >= 0.6 is 0 Å². The SMILES string of the molecule is c1ccc(-c2ccc(B3C4CCCC3CCC4)cc2)cc1. The number of fused-ring (bicyclic) bond motifs is 2. The standard InChI is InChI=1S/C20H23B/c1-2-6-16(7-3-1)17-12-14-20(15-13-17)21-18-8-4-9-19(21)11-5-10-18/h1-3,6-7,12-15,18-19H,4-5,8-11H2. The first-order valence-corrected chi connectivity index (χ1v) is 8.57. The van der Waals surface area contributed by atoms with Crippen molar-refractivity contribution in [3.05, 3.63) is 54.6 Å². The van der Waals surface area contributed by atoms with E-state index >= 15 is 0 Å². The molecule has 2 aliphatic heterocycles. The van der Waals surface area contributed by atoms with Crippen LogP contribution in [0.1, 0.15) is 38.5 Å². The van der Waals surface area contributed by atoms with E-state index in [4.69, 9.17) is 0 Å². The van der Waals surface area contributed by atoms with E-state index in [9.17, 15) is 0 Å². The second-order valence-electron chi connectivity index (χ2n) is 6.90. The van der Waals surface area contributed by atoms with Gasteiger partial charge in [0.05, 0.1) is 0 Å². The second-order valence-corrected chi connectivity index (χ2v) is 6.90. The molecule has 0 aromatic heterocycles. The van der Waals surface area contributed by atoms with Crippen LogP contribution in [0.25, 0.3) is 11.1 Å². The van der Waals surface area contributed by atoms with Gasteiger partial charge in [0.2, 0.25) is 0 Å². The summed E-state index contributed by atoms with van der Waals surface area (Å²) in [4.78, 5) is 0. The van der Waals surface area contributed by atoms with Gasteiger partial charge in [0.1, 0.15) is 0 Å². The van der Waals surface area contributed by atoms with Crippen molar-refractivity contribution in [2.24, 2.45) is 0 Å². The molecule has 0 saturated carbocycles. The molecule has 106 valence electrons. The highest BCUT2D eigenvalue weighted by Gasteiger charge is 2.39. The molecule has 0 aliphatic carbocycles. The van der Waals surface area contributed by atoms with Crippen LogP contribution < -0.4 is 5.46 Å². The minimum Gasteiger partial charge on any atom is -0.0794 e. The van der Waals surface area contributed by atoms with Crippen molar-refractivity contribution in [3.63, 3.8) is 0 Å². The highest BCUT2D eigenvalue weighted by atomic mass is 14.2. The zero-order valence-electron chi connectivity index (χ0n) is 12.7. The third-order valence-corrected chi connectivity index (χ3v) is 5.72. The van der Waals surface area contributed by atoms with Crippen LogP contribution in [0.3, 0.4) is 0 Å². The Balaban J connectivity index is 1.61. The summed E-state index contributed by atoms with van der Waals surface area (Å²) in [5, 5.41) is 0. The molecule has 4 rings (SSSR count). The minimum absolute atomic E-state index is 0.845. The number of hydrogen-bond acceptors (Lipinski definition) is 0. The maximum absolute atomic E-state index is 2.41. The third-order valence-electron chi connectivity index (χ3n) is 5.72. The Hall–Kier alpha value is -1.50. The first-order valence-electron chi connectivity index (χ1n) is 8.57. The molecule has 2 aliphatic rings. The third kappa shape index (κ3) is 2.55. The van der Waals surface area contributed by atoms with Crippen molar-refractivity contribution in [1.82, 2.24) is 0 Å². The van der Waals surface area contributed by atoms with Gasteiger partial charge in [0, 0.05) is 0 Å². The molecular formula is C20H23B. The predicted octanol–water partition coefficient (Wildman–Crippen LogP) is 5.16. The number of benzene rings is 2. The quantitative estimate of drug-likeness (QED) is 0.663. The number of rotatable bonds is 2. The molecule has 0 radical (unpaired) electrons. The summed E-state index contributed by atoms with van der Waals surface area (Å²) in [5.41, 5.74) is 4.28. The van der Waals surface area contributed by atoms with Crippen molar-refractivity contribution in [2.45, 2.75) is 50.2 Å². The van der Waals surface area contributed by atoms with Crippen LogP contribution in [0.5, 0.6) is 0 Å². The average Bonchev–Trinajstić information content (AvgIpc) is 2.55. The van der Waals surface area contributed by atoms with Crippen LogP contribution in [-0.2, 0) is 0 Å². The van der Waals surface area contributed by atoms with Crippen LogP contribution in [0.15, 0.2) is 54.6 Å². The Kier molecular flexibility index (Phi) is 3.59. The summed E-state index contributed by atoms with van der Waals surface area (Å²) in [6.07, 6.45) is 8.77. The molecule has 0 unspecified atom stereocenters. The lowest BCUT2D eigenvalue weighted by atomic mass is 9.25. The Morgan fingerprint density at radius 3 is 1.71 bits per heavy atom. The lowest BCUT2D eigenvalue weighted by Gasteiger charge is -2.40. The lowest BCUT2D eigenvalue weighted by Crippen LogP contribution is -2.44. The van der Waals surface area contributed by atoms with E-state index < -0.39 is 0 Å². The van der Waals surface area contributed by atoms with Gasteiger partial charge in [-0.25, -0.2) is 0 Å². The van der Waals surface area contributed by atoms with Gasteiger partial charge in [-0.05, 0) is 11.1 Å². The zero-order valence-corrected chi connectivity index (χ0v) is 12.7. The maximum Gasteiger partial charge on any atom is 0.182 e. The molecule has 2 aromatic rings. The van der Waals surface area contributed by atoms with Crippen molar-refractivity contribution >= 4 is 12.2 Å². The topological polar surface area (TPSA) is 0 Å². The smallest absolute Gasteiger partial charge is 0.0794 e. The largest absolute Gasteiger partial charge is 0.182 e. The van der Waals surface area contributed by atoms with Crippen molar-refractivity contribution < 1.29 is 0 Å². The van der Waals surface area contributed by atoms with Crippen molar-refractivity contribution in [1.29, 1.82) is 0 Å². The van der Waals surface area contributed by atoms with Crippen LogP contribution in [0.2, 0.25) is 11.6 Å². The summed E-state index contributed by atoms with van der Waals surface area (Å²) < 4.78 is 0. The van der Waals surface area contributed by atoms with E-state index in [2.05, 4.69) is 54.6 Å². The Bertz CT molecular complexity index is 565. The fourth-order valence-corrected chi connectivity index (χ4v) is 4.75. The van der Waals surface area contributed by atoms with Gasteiger partial charge < -0.3 is 0 Å². The summed E-state index contributed by atoms with van der Waals surface area (Å²) in [6, 6.07) is 20.2. The van der Waals surface area contributed by atoms with Gasteiger partial charge in [0.15, 0.2) is 6.71 Å². The first-order chi connectivity index (χ1) is 10.4. The van der Waals surface area contributed by atoms with Crippen molar-refractivity contribution in [3.8, 4) is 11.1 Å². The van der Waals surface area contributed by atoms with Gasteiger partial charge in [-0.3, -0.25) is 0 Å². The van der Waals surface area contributed by atoms with E-state index in [0.717, 1.165) is 18.3 Å². The van der Waals surface area contributed by atoms with E-state index in [1.165, 1.54) is 49.7 Å². The molecule has 0 amide bonds. The van der Waals surface area contributed by atoms with Gasteiger partial charge in [-0.2, -0.15) is 0 Å². The Morgan fingerprint density at radius 2 is 1.14 bits per heavy atom. The first kappa shape index (κ1) is 13.2. The van der Waals surface area contributed by atoms with E-state index in [-0.39, 0.29) is 0 Å². The molecule has 2 saturated heterocycles. The van der Waals surface area contributed by atoms with Crippen LogP contribution in [0.4, 0.5) is 0 Å². The summed E-state index contributed by atoms with van der Waals surface area (Å²) in [5.74, 6) is 1.92. The summed E-state index contributed by atoms with van der Waals surface area (Å²) >= 11 is 0. The molecule has 0 spiro atoms. The van der Waals surface area contributed by atoms with Crippen LogP contribution in [-0.4, -0.2) is 6.71 Å². The molecule has 0 N–H and O–H groups in total. The van der Waals surface area contributed by atoms with E-state index in [0.29, 0.717) is 0 Å². The Morgan fingerprint density at radius 1 is 0.619 bits per heavy atom. The molecule has 2 heterocycles. The molecule has 0 nitrogen and oxygen atoms in total. The minimum atomic E-state index is 0.845. The fraction of sp³-hybridized carbons (Fsp3) is 0.400. The van der Waals surface area contributed by atoms with Gasteiger partial charge in [-0.15, -0.1) is 0 Å². The molecule has 0 atom stereocenters. The monoisotopic (exact) mass is 274 g/mol. The normalized spacial score (nSPS) is 24.9. The lowest BCUT2D eigenvalue weighted by molar-refractivity contribution is 0.448. The highest BCUT2D eigenvalue weighted by Crippen LogP contribution is 2.46. The van der Waals surface area contributed by atoms with Crippen molar-refractivity contribution in [2.75, 3.05) is 0 Å². The molecule has 1 heteroatoms. The summed E-state index contributed by atoms with van der Waals surface area (Å²) in [6.45, 7) is 0.845. The molecule has 21 heavy (non-hydrogen) atoms. The molecular weight excluding hydrogens is 251 g/mol. The molecule has 2 aromatic carbocycles. The van der Waals surface area contributed by atoms with E-state index in [1.54, 1.807) is 5.46 Å². The molecule has 2 fully saturated rings. The average molecular weight is 274 g/mol. The Labute approximate surface area is 128 Å². The maximum atomic E-state index is 2.41. The van der Waals surface area contributed by atoms with E-state index in [1.807, 2.05) is 0 Å². The summed E-state index contributed by atoms with van der Waals surface area (Å²) in [7, 11) is 0. The van der Waals surface area contributed by atoms with Gasteiger partial charge >= 0.3 is 0 Å². The predicted molar refractivity (Wildman–Crippen MR) is 92.5 cm³/mol. The second kappa shape index (κ2) is 5.71. The number of hydrogen-bond donors (Lipinski definition) is 0.